The Morgan fingerprint density at radius 1 is 1.44 bits per heavy atom. The van der Waals surface area contributed by atoms with Crippen LogP contribution in [-0.4, -0.2) is 26.1 Å². The topological polar surface area (TPSA) is 61.5 Å². The van der Waals surface area contributed by atoms with Crippen LogP contribution in [-0.2, 0) is 22.5 Å². The molecule has 0 heterocycles. The molecule has 0 atom stereocenters. The van der Waals surface area contributed by atoms with Crippen LogP contribution in [0.5, 0.6) is 5.75 Å². The van der Waals surface area contributed by atoms with Gasteiger partial charge >= 0.3 is 5.97 Å². The van der Waals surface area contributed by atoms with E-state index in [0.29, 0.717) is 16.9 Å². The molecule has 0 amide bonds. The molecule has 0 saturated heterocycles. The second-order valence-corrected chi connectivity index (χ2v) is 3.60. The second-order valence-electron chi connectivity index (χ2n) is 3.60. The third-order valence-corrected chi connectivity index (χ3v) is 2.29. The van der Waals surface area contributed by atoms with Gasteiger partial charge in [0.25, 0.3) is 6.43 Å². The van der Waals surface area contributed by atoms with E-state index in [1.165, 1.54) is 13.2 Å². The van der Waals surface area contributed by atoms with Crippen molar-refractivity contribution in [1.82, 2.24) is 0 Å². The highest BCUT2D eigenvalue weighted by Crippen LogP contribution is 2.21. The lowest BCUT2D eigenvalue weighted by Gasteiger charge is -2.11. The van der Waals surface area contributed by atoms with Crippen LogP contribution in [0.3, 0.4) is 0 Å². The summed E-state index contributed by atoms with van der Waals surface area (Å²) >= 11 is 0. The maximum atomic E-state index is 12.0. The van der Waals surface area contributed by atoms with Crippen molar-refractivity contribution in [2.24, 2.45) is 5.73 Å². The van der Waals surface area contributed by atoms with Gasteiger partial charge in [-0.2, -0.15) is 0 Å². The SMILES string of the molecule is COC(=O)Cc1ccc(OCC(F)F)c(CN)c1. The molecule has 18 heavy (non-hydrogen) atoms. The van der Waals surface area contributed by atoms with Crippen molar-refractivity contribution >= 4 is 5.97 Å². The number of ether oxygens (including phenoxy) is 2. The molecule has 1 rings (SSSR count). The van der Waals surface area contributed by atoms with Gasteiger partial charge in [0.2, 0.25) is 0 Å². The minimum Gasteiger partial charge on any atom is -0.487 e. The van der Waals surface area contributed by atoms with E-state index in [1.54, 1.807) is 12.1 Å². The fourth-order valence-electron chi connectivity index (χ4n) is 1.43. The fourth-order valence-corrected chi connectivity index (χ4v) is 1.43. The molecule has 0 radical (unpaired) electrons. The highest BCUT2D eigenvalue weighted by Gasteiger charge is 2.10. The van der Waals surface area contributed by atoms with Gasteiger partial charge in [0.1, 0.15) is 12.4 Å². The highest BCUT2D eigenvalue weighted by atomic mass is 19.3. The molecule has 2 N–H and O–H groups in total. The van der Waals surface area contributed by atoms with E-state index in [1.807, 2.05) is 0 Å². The molecular formula is C12H15F2NO3. The van der Waals surface area contributed by atoms with Gasteiger partial charge in [-0.15, -0.1) is 0 Å². The number of halogens is 2. The first-order valence-electron chi connectivity index (χ1n) is 5.36. The van der Waals surface area contributed by atoms with Gasteiger partial charge in [0, 0.05) is 12.1 Å². The predicted molar refractivity (Wildman–Crippen MR) is 61.6 cm³/mol. The molecule has 1 aromatic carbocycles. The van der Waals surface area contributed by atoms with Crippen LogP contribution in [0.1, 0.15) is 11.1 Å². The Kier molecular flexibility index (Phi) is 5.51. The molecular weight excluding hydrogens is 244 g/mol. The first kappa shape index (κ1) is 14.4. The van der Waals surface area contributed by atoms with Gasteiger partial charge < -0.3 is 15.2 Å². The number of carbonyl (C=O) groups excluding carboxylic acids is 1. The second kappa shape index (κ2) is 6.90. The Bertz CT molecular complexity index is 410. The van der Waals surface area contributed by atoms with Crippen LogP contribution < -0.4 is 10.5 Å². The molecule has 0 spiro atoms. The molecule has 0 fully saturated rings. The minimum atomic E-state index is -2.54. The Balaban J connectivity index is 2.79. The zero-order valence-electron chi connectivity index (χ0n) is 9.99. The van der Waals surface area contributed by atoms with Crippen molar-refractivity contribution in [2.75, 3.05) is 13.7 Å². The molecule has 0 aromatic heterocycles. The van der Waals surface area contributed by atoms with Crippen LogP contribution >= 0.6 is 0 Å². The third kappa shape index (κ3) is 4.29. The maximum absolute atomic E-state index is 12.0. The summed E-state index contributed by atoms with van der Waals surface area (Å²) in [6.45, 7) is -0.531. The smallest absolute Gasteiger partial charge is 0.309 e. The Morgan fingerprint density at radius 2 is 2.17 bits per heavy atom. The van der Waals surface area contributed by atoms with Crippen LogP contribution in [0.15, 0.2) is 18.2 Å². The lowest BCUT2D eigenvalue weighted by molar-refractivity contribution is -0.139. The summed E-state index contributed by atoms with van der Waals surface area (Å²) < 4.78 is 33.5. The zero-order valence-corrected chi connectivity index (χ0v) is 9.99. The lowest BCUT2D eigenvalue weighted by Crippen LogP contribution is -2.11. The average Bonchev–Trinajstić information content (AvgIpc) is 2.36. The van der Waals surface area contributed by atoms with Crippen LogP contribution in [0.25, 0.3) is 0 Å². The number of hydrogen-bond acceptors (Lipinski definition) is 4. The molecule has 0 unspecified atom stereocenters. The van der Waals surface area contributed by atoms with Crippen LogP contribution in [0.4, 0.5) is 8.78 Å². The number of benzene rings is 1. The Morgan fingerprint density at radius 3 is 2.72 bits per heavy atom. The largest absolute Gasteiger partial charge is 0.487 e. The number of rotatable bonds is 6. The van der Waals surface area contributed by atoms with Gasteiger partial charge in [-0.25, -0.2) is 8.78 Å². The molecule has 100 valence electrons. The lowest BCUT2D eigenvalue weighted by atomic mass is 10.1. The molecule has 0 bridgehead atoms. The minimum absolute atomic E-state index is 0.110. The summed E-state index contributed by atoms with van der Waals surface area (Å²) in [4.78, 5) is 11.1. The maximum Gasteiger partial charge on any atom is 0.309 e. The summed E-state index contributed by atoms with van der Waals surface area (Å²) in [5.74, 6) is -0.0642. The number of methoxy groups -OCH3 is 1. The summed E-state index contributed by atoms with van der Waals surface area (Å²) in [5, 5.41) is 0. The summed E-state index contributed by atoms with van der Waals surface area (Å²) in [7, 11) is 1.30. The van der Waals surface area contributed by atoms with Crippen molar-refractivity contribution in [3.8, 4) is 5.75 Å². The molecule has 0 saturated carbocycles. The Labute approximate surface area is 104 Å². The van der Waals surface area contributed by atoms with E-state index in [2.05, 4.69) is 4.74 Å². The van der Waals surface area contributed by atoms with E-state index >= 15 is 0 Å². The number of carbonyl (C=O) groups is 1. The number of hydrogen-bond donors (Lipinski definition) is 1. The van der Waals surface area contributed by atoms with Gasteiger partial charge in [0.15, 0.2) is 0 Å². The van der Waals surface area contributed by atoms with E-state index in [9.17, 15) is 13.6 Å². The van der Waals surface area contributed by atoms with Crippen molar-refractivity contribution in [2.45, 2.75) is 19.4 Å². The molecule has 0 aliphatic heterocycles. The standard InChI is InChI=1S/C12H15F2NO3/c1-17-12(16)5-8-2-3-10(9(4-8)6-15)18-7-11(13)14/h2-4,11H,5-7,15H2,1H3. The van der Waals surface area contributed by atoms with E-state index < -0.39 is 13.0 Å². The van der Waals surface area contributed by atoms with Gasteiger partial charge in [-0.05, 0) is 11.6 Å². The molecule has 0 aliphatic carbocycles. The quantitative estimate of drug-likeness (QED) is 0.786. The number of alkyl halides is 2. The van der Waals surface area contributed by atoms with Crippen LogP contribution in [0, 0.1) is 0 Å². The summed E-state index contributed by atoms with van der Waals surface area (Å²) in [5.41, 5.74) is 6.79. The van der Waals surface area contributed by atoms with Gasteiger partial charge in [-0.3, -0.25) is 4.79 Å². The summed E-state index contributed by atoms with van der Waals surface area (Å²) in [6.07, 6.45) is -2.43. The first-order chi connectivity index (χ1) is 8.56. The third-order valence-electron chi connectivity index (χ3n) is 2.29. The predicted octanol–water partition coefficient (Wildman–Crippen LogP) is 1.50. The van der Waals surface area contributed by atoms with E-state index in [4.69, 9.17) is 10.5 Å². The van der Waals surface area contributed by atoms with E-state index in [0.717, 1.165) is 0 Å². The highest BCUT2D eigenvalue weighted by molar-refractivity contribution is 5.72. The first-order valence-corrected chi connectivity index (χ1v) is 5.36. The van der Waals surface area contributed by atoms with Gasteiger partial charge in [0.05, 0.1) is 13.5 Å². The summed E-state index contributed by atoms with van der Waals surface area (Å²) in [6, 6.07) is 4.80. The molecule has 1 aromatic rings. The van der Waals surface area contributed by atoms with Crippen molar-refractivity contribution in [1.29, 1.82) is 0 Å². The molecule has 4 nitrogen and oxygen atoms in total. The number of esters is 1. The van der Waals surface area contributed by atoms with E-state index in [-0.39, 0.29) is 18.9 Å². The van der Waals surface area contributed by atoms with Gasteiger partial charge in [-0.1, -0.05) is 12.1 Å². The Hall–Kier alpha value is -1.69. The van der Waals surface area contributed by atoms with Crippen molar-refractivity contribution in [3.63, 3.8) is 0 Å². The van der Waals surface area contributed by atoms with Crippen molar-refractivity contribution < 1.29 is 23.0 Å². The van der Waals surface area contributed by atoms with Crippen LogP contribution in [0.2, 0.25) is 0 Å². The fraction of sp³-hybridized carbons (Fsp3) is 0.417. The molecule has 0 aliphatic rings. The monoisotopic (exact) mass is 259 g/mol. The number of nitrogens with two attached hydrogens (primary N) is 1. The van der Waals surface area contributed by atoms with Crippen molar-refractivity contribution in [3.05, 3.63) is 29.3 Å². The molecule has 6 heteroatoms. The average molecular weight is 259 g/mol. The zero-order chi connectivity index (χ0) is 13.5. The normalized spacial score (nSPS) is 10.5.